The van der Waals surface area contributed by atoms with Gasteiger partial charge in [0.2, 0.25) is 0 Å². The number of carbonyl (C=O) groups excluding carboxylic acids is 1. The first-order chi connectivity index (χ1) is 13.7. The summed E-state index contributed by atoms with van der Waals surface area (Å²) in [5, 5.41) is 10.7. The van der Waals surface area contributed by atoms with E-state index in [1.165, 1.54) is 5.56 Å². The van der Waals surface area contributed by atoms with Gasteiger partial charge < -0.3 is 15.4 Å². The SMILES string of the molecule is Cc1ccc(Oc2ccc(NC(=O)C3(n4cccn4)CCNCC3)cc2)cc1. The number of anilines is 1. The summed E-state index contributed by atoms with van der Waals surface area (Å²) in [6.07, 6.45) is 4.99. The van der Waals surface area contributed by atoms with E-state index in [0.29, 0.717) is 12.8 Å². The van der Waals surface area contributed by atoms with Gasteiger partial charge in [-0.05, 0) is 75.3 Å². The van der Waals surface area contributed by atoms with Gasteiger partial charge in [0.25, 0.3) is 5.91 Å². The summed E-state index contributed by atoms with van der Waals surface area (Å²) in [7, 11) is 0. The molecule has 4 rings (SSSR count). The number of amides is 1. The van der Waals surface area contributed by atoms with Gasteiger partial charge in [-0.1, -0.05) is 17.7 Å². The molecule has 0 atom stereocenters. The summed E-state index contributed by atoms with van der Waals surface area (Å²) in [5.74, 6) is 1.48. The average Bonchev–Trinajstić information content (AvgIpc) is 3.27. The number of nitrogens with one attached hydrogen (secondary N) is 2. The van der Waals surface area contributed by atoms with Crippen molar-refractivity contribution >= 4 is 11.6 Å². The number of ether oxygens (including phenoxy) is 1. The maximum Gasteiger partial charge on any atom is 0.252 e. The molecule has 6 nitrogen and oxygen atoms in total. The zero-order chi connectivity index (χ0) is 19.4. The molecule has 1 saturated heterocycles. The highest BCUT2D eigenvalue weighted by molar-refractivity contribution is 5.96. The number of nitrogens with zero attached hydrogens (tertiary/aromatic N) is 2. The third-order valence-corrected chi connectivity index (χ3v) is 5.17. The van der Waals surface area contributed by atoms with Gasteiger partial charge in [0.1, 0.15) is 17.0 Å². The number of carbonyl (C=O) groups is 1. The lowest BCUT2D eigenvalue weighted by Crippen LogP contribution is -2.52. The number of hydrogen-bond acceptors (Lipinski definition) is 4. The fourth-order valence-corrected chi connectivity index (χ4v) is 3.52. The fraction of sp³-hybridized carbons (Fsp3) is 0.273. The Balaban J connectivity index is 1.47. The normalized spacial score (nSPS) is 15.8. The first-order valence-electron chi connectivity index (χ1n) is 9.53. The monoisotopic (exact) mass is 376 g/mol. The number of aryl methyl sites for hydroxylation is 1. The van der Waals surface area contributed by atoms with Gasteiger partial charge >= 0.3 is 0 Å². The van der Waals surface area contributed by atoms with E-state index in [1.807, 2.05) is 67.7 Å². The van der Waals surface area contributed by atoms with Crippen LogP contribution in [0.15, 0.2) is 67.0 Å². The smallest absolute Gasteiger partial charge is 0.252 e. The highest BCUT2D eigenvalue weighted by Crippen LogP contribution is 2.29. The molecule has 1 aromatic heterocycles. The molecule has 1 amide bonds. The molecule has 6 heteroatoms. The van der Waals surface area contributed by atoms with Crippen LogP contribution in [0, 0.1) is 6.92 Å². The lowest BCUT2D eigenvalue weighted by molar-refractivity contribution is -0.126. The molecule has 0 saturated carbocycles. The van der Waals surface area contributed by atoms with Crippen molar-refractivity contribution in [2.24, 2.45) is 0 Å². The lowest BCUT2D eigenvalue weighted by atomic mass is 9.87. The highest BCUT2D eigenvalue weighted by Gasteiger charge is 2.42. The highest BCUT2D eigenvalue weighted by atomic mass is 16.5. The molecule has 1 fully saturated rings. The van der Waals surface area contributed by atoms with Crippen LogP contribution < -0.4 is 15.4 Å². The topological polar surface area (TPSA) is 68.2 Å². The quantitative estimate of drug-likeness (QED) is 0.712. The van der Waals surface area contributed by atoms with Crippen LogP contribution in [0.3, 0.4) is 0 Å². The van der Waals surface area contributed by atoms with E-state index >= 15 is 0 Å². The summed E-state index contributed by atoms with van der Waals surface area (Å²) in [5.41, 5.74) is 1.27. The van der Waals surface area contributed by atoms with Crippen LogP contribution in [0.5, 0.6) is 11.5 Å². The third-order valence-electron chi connectivity index (χ3n) is 5.17. The molecule has 1 aliphatic heterocycles. The van der Waals surface area contributed by atoms with Crippen molar-refractivity contribution in [3.05, 3.63) is 72.6 Å². The van der Waals surface area contributed by atoms with E-state index in [9.17, 15) is 4.79 Å². The minimum absolute atomic E-state index is 0.0371. The molecule has 0 radical (unpaired) electrons. The molecular formula is C22H24N4O2. The van der Waals surface area contributed by atoms with Crippen molar-refractivity contribution in [2.75, 3.05) is 18.4 Å². The first kappa shape index (κ1) is 18.3. The van der Waals surface area contributed by atoms with E-state index in [4.69, 9.17) is 4.74 Å². The Morgan fingerprint density at radius 3 is 2.32 bits per heavy atom. The van der Waals surface area contributed by atoms with Crippen LogP contribution in [0.25, 0.3) is 0 Å². The number of benzene rings is 2. The van der Waals surface area contributed by atoms with Crippen molar-refractivity contribution in [1.29, 1.82) is 0 Å². The zero-order valence-electron chi connectivity index (χ0n) is 15.9. The summed E-state index contributed by atoms with van der Waals surface area (Å²) >= 11 is 0. The molecule has 0 bridgehead atoms. The van der Waals surface area contributed by atoms with Gasteiger partial charge in [0, 0.05) is 18.1 Å². The lowest BCUT2D eigenvalue weighted by Gasteiger charge is -2.36. The molecule has 3 aromatic rings. The number of piperidine rings is 1. The Morgan fingerprint density at radius 1 is 1.07 bits per heavy atom. The second-order valence-corrected chi connectivity index (χ2v) is 7.13. The van der Waals surface area contributed by atoms with Crippen molar-refractivity contribution in [2.45, 2.75) is 25.3 Å². The van der Waals surface area contributed by atoms with Crippen LogP contribution >= 0.6 is 0 Å². The number of aromatic nitrogens is 2. The summed E-state index contributed by atoms with van der Waals surface area (Å²) in [6, 6.07) is 17.2. The van der Waals surface area contributed by atoms with Crippen LogP contribution in [-0.2, 0) is 10.3 Å². The third kappa shape index (κ3) is 3.77. The van der Waals surface area contributed by atoms with Crippen molar-refractivity contribution < 1.29 is 9.53 Å². The molecule has 0 spiro atoms. The molecule has 144 valence electrons. The average molecular weight is 376 g/mol. The summed E-state index contributed by atoms with van der Waals surface area (Å²) in [4.78, 5) is 13.2. The maximum atomic E-state index is 13.2. The fourth-order valence-electron chi connectivity index (χ4n) is 3.52. The van der Waals surface area contributed by atoms with Crippen LogP contribution in [-0.4, -0.2) is 28.8 Å². The van der Waals surface area contributed by atoms with Crippen molar-refractivity contribution in [1.82, 2.24) is 15.1 Å². The molecule has 2 N–H and O–H groups in total. The molecule has 1 aliphatic rings. The predicted octanol–water partition coefficient (Wildman–Crippen LogP) is 3.70. The molecule has 0 unspecified atom stereocenters. The van der Waals surface area contributed by atoms with Crippen LogP contribution in [0.4, 0.5) is 5.69 Å². The summed E-state index contributed by atoms with van der Waals surface area (Å²) < 4.78 is 7.64. The molecule has 28 heavy (non-hydrogen) atoms. The van der Waals surface area contributed by atoms with E-state index in [-0.39, 0.29) is 5.91 Å². The largest absolute Gasteiger partial charge is 0.457 e. The van der Waals surface area contributed by atoms with E-state index < -0.39 is 5.54 Å². The Labute approximate surface area is 164 Å². The first-order valence-corrected chi connectivity index (χ1v) is 9.53. The van der Waals surface area contributed by atoms with E-state index in [1.54, 1.807) is 10.9 Å². The Kier molecular flexibility index (Phi) is 5.12. The van der Waals surface area contributed by atoms with E-state index in [0.717, 1.165) is 30.3 Å². The predicted molar refractivity (Wildman–Crippen MR) is 109 cm³/mol. The molecule has 2 aromatic carbocycles. The number of rotatable bonds is 5. The standard InChI is InChI=1S/C22H24N4O2/c1-17-3-7-19(8-4-17)28-20-9-5-18(6-10-20)25-21(27)22(11-14-23-15-12-22)26-16-2-13-24-26/h2-10,13,16,23H,11-12,14-15H2,1H3,(H,25,27). The Hall–Kier alpha value is -3.12. The van der Waals surface area contributed by atoms with Crippen molar-refractivity contribution in [3.63, 3.8) is 0 Å². The van der Waals surface area contributed by atoms with Crippen molar-refractivity contribution in [3.8, 4) is 11.5 Å². The van der Waals surface area contributed by atoms with E-state index in [2.05, 4.69) is 15.7 Å². The van der Waals surface area contributed by atoms with Gasteiger partial charge in [-0.3, -0.25) is 9.48 Å². The Bertz CT molecular complexity index is 912. The van der Waals surface area contributed by atoms with Gasteiger partial charge in [-0.25, -0.2) is 0 Å². The van der Waals surface area contributed by atoms with Crippen LogP contribution in [0.1, 0.15) is 18.4 Å². The zero-order valence-corrected chi connectivity index (χ0v) is 15.9. The molecular weight excluding hydrogens is 352 g/mol. The second kappa shape index (κ2) is 7.86. The Morgan fingerprint density at radius 2 is 1.71 bits per heavy atom. The van der Waals surface area contributed by atoms with Gasteiger partial charge in [0.15, 0.2) is 0 Å². The van der Waals surface area contributed by atoms with Gasteiger partial charge in [0.05, 0.1) is 0 Å². The number of hydrogen-bond donors (Lipinski definition) is 2. The van der Waals surface area contributed by atoms with Gasteiger partial charge in [-0.15, -0.1) is 0 Å². The minimum atomic E-state index is -0.661. The minimum Gasteiger partial charge on any atom is -0.457 e. The second-order valence-electron chi connectivity index (χ2n) is 7.13. The molecule has 0 aliphatic carbocycles. The van der Waals surface area contributed by atoms with Crippen LogP contribution in [0.2, 0.25) is 0 Å². The molecule has 2 heterocycles. The maximum absolute atomic E-state index is 13.2. The summed E-state index contributed by atoms with van der Waals surface area (Å²) in [6.45, 7) is 3.62. The van der Waals surface area contributed by atoms with Gasteiger partial charge in [-0.2, -0.15) is 5.10 Å².